The monoisotopic (exact) mass is 688 g/mol. The van der Waals surface area contributed by atoms with E-state index < -0.39 is 0 Å². The molecule has 4 aromatic rings. The summed E-state index contributed by atoms with van der Waals surface area (Å²) >= 11 is 0. The summed E-state index contributed by atoms with van der Waals surface area (Å²) in [6, 6.07) is 24.3. The van der Waals surface area contributed by atoms with Gasteiger partial charge in [-0.25, -0.2) is 0 Å². The van der Waals surface area contributed by atoms with Gasteiger partial charge in [-0.05, 0) is 66.5 Å². The predicted molar refractivity (Wildman–Crippen MR) is 195 cm³/mol. The lowest BCUT2D eigenvalue weighted by atomic mass is 9.94. The lowest BCUT2D eigenvalue weighted by Gasteiger charge is -2.35. The predicted octanol–water partition coefficient (Wildman–Crippen LogP) is 6.32. The zero-order chi connectivity index (χ0) is 34.9. The molecular formula is C41H44N4O6. The van der Waals surface area contributed by atoms with Crippen molar-refractivity contribution in [1.29, 1.82) is 0 Å². The minimum absolute atomic E-state index is 0.00890. The van der Waals surface area contributed by atoms with E-state index >= 15 is 0 Å². The third kappa shape index (κ3) is 6.39. The summed E-state index contributed by atoms with van der Waals surface area (Å²) in [6.45, 7) is 3.57. The molecule has 2 atom stereocenters. The van der Waals surface area contributed by atoms with Crippen LogP contribution < -0.4 is 29.6 Å². The summed E-state index contributed by atoms with van der Waals surface area (Å²) in [6.07, 6.45) is 4.19. The standard InChI is InChI=1S/C41H44N4O6/c1-48-36-18-32-34(42-22-30-16-26-10-4-6-12-28(26)24-44(30)40(32)46)20-38(36)50-14-8-3-9-15-51-39-21-35-33(19-37(39)49-2)41(47)45-25-29-13-7-5-11-27(29)17-31(45)23-43-35/h4-7,10-13,18-21,30-31,42-43H,3,8-9,14-17,22-25H2,1-2H3/t30-,31-/m0/s1. The van der Waals surface area contributed by atoms with E-state index in [1.165, 1.54) is 22.3 Å². The third-order valence-corrected chi connectivity index (χ3v) is 10.7. The van der Waals surface area contributed by atoms with Crippen molar-refractivity contribution in [3.63, 3.8) is 0 Å². The number of hydrogen-bond donors (Lipinski definition) is 2. The van der Waals surface area contributed by atoms with Crippen molar-refractivity contribution in [1.82, 2.24) is 9.80 Å². The molecule has 10 heteroatoms. The number of anilines is 2. The Bertz CT molecular complexity index is 1820. The topological polar surface area (TPSA) is 102 Å². The third-order valence-electron chi connectivity index (χ3n) is 10.7. The molecule has 2 amide bonds. The van der Waals surface area contributed by atoms with Gasteiger partial charge in [0, 0.05) is 38.3 Å². The van der Waals surface area contributed by atoms with Gasteiger partial charge < -0.3 is 39.4 Å². The SMILES string of the molecule is COc1cc2c(cc1OCCCCCOc1cc3c(cc1OC)C(=O)N1Cc4ccccc4C[C@H]1CN3)NC[C@@H]1Cc3ccccc3CN1C2=O. The summed E-state index contributed by atoms with van der Waals surface area (Å²) in [5.74, 6) is 2.35. The molecule has 2 N–H and O–H groups in total. The van der Waals surface area contributed by atoms with Crippen molar-refractivity contribution in [2.45, 2.75) is 57.3 Å². The number of nitrogens with zero attached hydrogens (tertiary/aromatic N) is 2. The molecule has 0 unspecified atom stereocenters. The van der Waals surface area contributed by atoms with Crippen molar-refractivity contribution < 1.29 is 28.5 Å². The van der Waals surface area contributed by atoms with Crippen LogP contribution in [-0.2, 0) is 25.9 Å². The smallest absolute Gasteiger partial charge is 0.256 e. The molecule has 4 aliphatic heterocycles. The Morgan fingerprint density at radius 1 is 0.588 bits per heavy atom. The van der Waals surface area contributed by atoms with Crippen LogP contribution in [0.1, 0.15) is 62.2 Å². The van der Waals surface area contributed by atoms with Crippen molar-refractivity contribution in [2.24, 2.45) is 0 Å². The van der Waals surface area contributed by atoms with Crippen LogP contribution in [0.15, 0.2) is 72.8 Å². The largest absolute Gasteiger partial charge is 0.493 e. The Balaban J connectivity index is 0.849. The van der Waals surface area contributed by atoms with Gasteiger partial charge in [0.05, 0.1) is 62.0 Å². The van der Waals surface area contributed by atoms with Crippen LogP contribution in [0.3, 0.4) is 0 Å². The molecule has 0 fully saturated rings. The molecule has 0 aromatic heterocycles. The van der Waals surface area contributed by atoms with E-state index in [4.69, 9.17) is 18.9 Å². The van der Waals surface area contributed by atoms with Gasteiger partial charge in [-0.15, -0.1) is 0 Å². The molecule has 264 valence electrons. The van der Waals surface area contributed by atoms with Gasteiger partial charge in [0.1, 0.15) is 0 Å². The first kappa shape index (κ1) is 32.8. The van der Waals surface area contributed by atoms with E-state index in [1.54, 1.807) is 26.4 Å². The van der Waals surface area contributed by atoms with Crippen LogP contribution >= 0.6 is 0 Å². The second kappa shape index (κ2) is 14.1. The maximum Gasteiger partial charge on any atom is 0.256 e. The van der Waals surface area contributed by atoms with E-state index in [-0.39, 0.29) is 23.9 Å². The summed E-state index contributed by atoms with van der Waals surface area (Å²) in [4.78, 5) is 31.4. The van der Waals surface area contributed by atoms with Crippen molar-refractivity contribution in [3.8, 4) is 23.0 Å². The molecule has 0 aliphatic carbocycles. The summed E-state index contributed by atoms with van der Waals surface area (Å²) in [7, 11) is 3.21. The molecule has 4 heterocycles. The Labute approximate surface area is 298 Å². The molecule has 0 bridgehead atoms. The number of benzene rings is 4. The van der Waals surface area contributed by atoms with Crippen LogP contribution in [0, 0.1) is 0 Å². The van der Waals surface area contributed by atoms with Gasteiger partial charge in [-0.2, -0.15) is 0 Å². The molecule has 10 nitrogen and oxygen atoms in total. The Hall–Kier alpha value is -5.38. The second-order valence-corrected chi connectivity index (χ2v) is 13.7. The van der Waals surface area contributed by atoms with Gasteiger partial charge in [-0.1, -0.05) is 48.5 Å². The van der Waals surface area contributed by atoms with Gasteiger partial charge in [0.25, 0.3) is 11.8 Å². The summed E-state index contributed by atoms with van der Waals surface area (Å²) in [5.41, 5.74) is 7.77. The highest BCUT2D eigenvalue weighted by Gasteiger charge is 2.36. The minimum Gasteiger partial charge on any atom is -0.493 e. The normalized spacial score (nSPS) is 18.6. The lowest BCUT2D eigenvalue weighted by molar-refractivity contribution is 0.0652. The van der Waals surface area contributed by atoms with Crippen molar-refractivity contribution >= 4 is 23.2 Å². The maximum atomic E-state index is 13.7. The van der Waals surface area contributed by atoms with Crippen LogP contribution in [0.25, 0.3) is 0 Å². The molecule has 4 aliphatic rings. The number of methoxy groups -OCH3 is 2. The summed E-state index contributed by atoms with van der Waals surface area (Å²) < 4.78 is 23.7. The van der Waals surface area contributed by atoms with E-state index in [0.717, 1.165) is 43.5 Å². The van der Waals surface area contributed by atoms with Crippen LogP contribution in [0.5, 0.6) is 23.0 Å². The molecule has 0 spiro atoms. The Morgan fingerprint density at radius 3 is 1.45 bits per heavy atom. The Kier molecular flexibility index (Phi) is 9.06. The van der Waals surface area contributed by atoms with Crippen molar-refractivity contribution in [3.05, 3.63) is 106 Å². The molecule has 51 heavy (non-hydrogen) atoms. The molecule has 0 saturated carbocycles. The number of unbranched alkanes of at least 4 members (excludes halogenated alkanes) is 2. The zero-order valence-corrected chi connectivity index (χ0v) is 29.2. The van der Waals surface area contributed by atoms with E-state index in [9.17, 15) is 9.59 Å². The fourth-order valence-corrected chi connectivity index (χ4v) is 7.84. The van der Waals surface area contributed by atoms with Crippen LogP contribution in [-0.4, -0.2) is 74.2 Å². The first-order valence-corrected chi connectivity index (χ1v) is 17.9. The molecule has 0 saturated heterocycles. The number of fused-ring (bicyclic) bond motifs is 6. The average molecular weight is 689 g/mol. The maximum absolute atomic E-state index is 13.7. The highest BCUT2D eigenvalue weighted by Crippen LogP contribution is 2.39. The molecule has 0 radical (unpaired) electrons. The highest BCUT2D eigenvalue weighted by atomic mass is 16.5. The first-order valence-electron chi connectivity index (χ1n) is 17.9. The van der Waals surface area contributed by atoms with Gasteiger partial charge in [-0.3, -0.25) is 9.59 Å². The quantitative estimate of drug-likeness (QED) is 0.187. The van der Waals surface area contributed by atoms with Crippen LogP contribution in [0.2, 0.25) is 0 Å². The number of carbonyl (C=O) groups excluding carboxylic acids is 2. The molecular weight excluding hydrogens is 644 g/mol. The number of carbonyl (C=O) groups is 2. The van der Waals surface area contributed by atoms with E-state index in [0.29, 0.717) is 73.5 Å². The number of nitrogens with one attached hydrogen (secondary N) is 2. The highest BCUT2D eigenvalue weighted by molar-refractivity contribution is 6.02. The van der Waals surface area contributed by atoms with E-state index in [2.05, 4.69) is 47.0 Å². The molecule has 4 aromatic carbocycles. The second-order valence-electron chi connectivity index (χ2n) is 13.7. The van der Waals surface area contributed by atoms with Crippen molar-refractivity contribution in [2.75, 3.05) is 51.2 Å². The van der Waals surface area contributed by atoms with E-state index in [1.807, 2.05) is 34.1 Å². The number of hydrogen-bond acceptors (Lipinski definition) is 8. The number of ether oxygens (including phenoxy) is 4. The van der Waals surface area contributed by atoms with Crippen LogP contribution in [0.4, 0.5) is 11.4 Å². The molecule has 8 rings (SSSR count). The van der Waals surface area contributed by atoms with Gasteiger partial charge in [0.15, 0.2) is 23.0 Å². The first-order chi connectivity index (χ1) is 25.0. The minimum atomic E-state index is 0.00890. The fraction of sp³-hybridized carbons (Fsp3) is 0.366. The lowest BCUT2D eigenvalue weighted by Crippen LogP contribution is -2.45. The van der Waals surface area contributed by atoms with Gasteiger partial charge in [0.2, 0.25) is 0 Å². The zero-order valence-electron chi connectivity index (χ0n) is 29.2. The number of amides is 2. The summed E-state index contributed by atoms with van der Waals surface area (Å²) in [5, 5.41) is 7.02. The average Bonchev–Trinajstić information content (AvgIpc) is 3.38. The fourth-order valence-electron chi connectivity index (χ4n) is 7.84. The van der Waals surface area contributed by atoms with Gasteiger partial charge >= 0.3 is 0 Å². The Morgan fingerprint density at radius 2 is 1.02 bits per heavy atom. The number of rotatable bonds is 10.